The predicted molar refractivity (Wildman–Crippen MR) is 97.5 cm³/mol. The van der Waals surface area contributed by atoms with Gasteiger partial charge in [-0.2, -0.15) is 0 Å². The van der Waals surface area contributed by atoms with Gasteiger partial charge in [-0.15, -0.1) is 10.2 Å². The summed E-state index contributed by atoms with van der Waals surface area (Å²) in [6.45, 7) is 6.47. The maximum absolute atomic E-state index is 12.4. The minimum absolute atomic E-state index is 0.218. The lowest BCUT2D eigenvalue weighted by Gasteiger charge is -2.10. The van der Waals surface area contributed by atoms with Gasteiger partial charge >= 0.3 is 0 Å². The molecule has 0 N–H and O–H groups in total. The Bertz CT molecular complexity index is 731. The number of ketones is 1. The Morgan fingerprint density at radius 2 is 1.96 bits per heavy atom. The van der Waals surface area contributed by atoms with Gasteiger partial charge in [0.05, 0.1) is 5.69 Å². The smallest absolute Gasteiger partial charge is 0.139 e. The standard InChI is InChI=1S/C20H28N4O/c1-14(2)6-10-19-22-23-20(24(19)16-7-8-16)11-9-17(25)13-18-15(3)5-4-12-21-18/h4-5,12,14,16H,6-11,13H2,1-3H3. The monoisotopic (exact) mass is 340 g/mol. The molecule has 2 heterocycles. The molecule has 2 aromatic heterocycles. The lowest BCUT2D eigenvalue weighted by molar-refractivity contribution is -0.118. The number of hydrogen-bond acceptors (Lipinski definition) is 4. The van der Waals surface area contributed by atoms with E-state index < -0.39 is 0 Å². The second kappa shape index (κ2) is 7.89. The Hall–Kier alpha value is -2.04. The summed E-state index contributed by atoms with van der Waals surface area (Å²) in [6, 6.07) is 4.46. The number of carbonyl (C=O) groups is 1. The fraction of sp³-hybridized carbons (Fsp3) is 0.600. The van der Waals surface area contributed by atoms with Gasteiger partial charge in [0.15, 0.2) is 0 Å². The summed E-state index contributed by atoms with van der Waals surface area (Å²) < 4.78 is 2.31. The number of aromatic nitrogens is 4. The zero-order valence-corrected chi connectivity index (χ0v) is 15.5. The SMILES string of the molecule is Cc1cccnc1CC(=O)CCc1nnc(CCC(C)C)n1C1CC1. The molecule has 25 heavy (non-hydrogen) atoms. The maximum Gasteiger partial charge on any atom is 0.139 e. The largest absolute Gasteiger partial charge is 0.312 e. The van der Waals surface area contributed by atoms with Crippen molar-refractivity contribution in [3.05, 3.63) is 41.2 Å². The highest BCUT2D eigenvalue weighted by Crippen LogP contribution is 2.37. The third-order valence-corrected chi connectivity index (χ3v) is 4.80. The van der Waals surface area contributed by atoms with Crippen LogP contribution >= 0.6 is 0 Å². The molecule has 3 rings (SSSR count). The molecule has 0 aliphatic heterocycles. The molecule has 0 amide bonds. The Kier molecular flexibility index (Phi) is 5.61. The van der Waals surface area contributed by atoms with Crippen molar-refractivity contribution in [3.63, 3.8) is 0 Å². The molecule has 1 aliphatic rings. The number of hydrogen-bond donors (Lipinski definition) is 0. The highest BCUT2D eigenvalue weighted by atomic mass is 16.1. The molecule has 2 aromatic rings. The average molecular weight is 340 g/mol. The van der Waals surface area contributed by atoms with Crippen LogP contribution in [-0.2, 0) is 24.1 Å². The van der Waals surface area contributed by atoms with E-state index in [1.807, 2.05) is 19.1 Å². The van der Waals surface area contributed by atoms with E-state index in [9.17, 15) is 4.79 Å². The molecule has 0 saturated heterocycles. The summed E-state index contributed by atoms with van der Waals surface area (Å²) in [7, 11) is 0. The van der Waals surface area contributed by atoms with E-state index in [4.69, 9.17) is 0 Å². The number of pyridine rings is 1. The third kappa shape index (κ3) is 4.74. The van der Waals surface area contributed by atoms with Crippen molar-refractivity contribution >= 4 is 5.78 Å². The van der Waals surface area contributed by atoms with E-state index in [1.54, 1.807) is 6.20 Å². The molecule has 1 saturated carbocycles. The summed E-state index contributed by atoms with van der Waals surface area (Å²) >= 11 is 0. The van der Waals surface area contributed by atoms with E-state index in [0.29, 0.717) is 31.2 Å². The first-order valence-electron chi connectivity index (χ1n) is 9.39. The fourth-order valence-electron chi connectivity index (χ4n) is 3.10. The van der Waals surface area contributed by atoms with Crippen LogP contribution in [0.1, 0.15) is 68.5 Å². The molecule has 0 atom stereocenters. The van der Waals surface area contributed by atoms with Crippen molar-refractivity contribution in [2.45, 2.75) is 71.8 Å². The van der Waals surface area contributed by atoms with Crippen LogP contribution in [0.2, 0.25) is 0 Å². The van der Waals surface area contributed by atoms with Crippen molar-refractivity contribution in [2.24, 2.45) is 5.92 Å². The van der Waals surface area contributed by atoms with Crippen LogP contribution in [0.25, 0.3) is 0 Å². The van der Waals surface area contributed by atoms with Crippen molar-refractivity contribution in [3.8, 4) is 0 Å². The van der Waals surface area contributed by atoms with E-state index in [-0.39, 0.29) is 5.78 Å². The van der Waals surface area contributed by atoms with Gasteiger partial charge in [0.2, 0.25) is 0 Å². The van der Waals surface area contributed by atoms with Crippen molar-refractivity contribution in [2.75, 3.05) is 0 Å². The number of Topliss-reactive ketones (excluding diaryl/α,β-unsaturated/α-hetero) is 1. The van der Waals surface area contributed by atoms with Gasteiger partial charge < -0.3 is 4.57 Å². The van der Waals surface area contributed by atoms with Gasteiger partial charge in [0.1, 0.15) is 17.4 Å². The quantitative estimate of drug-likeness (QED) is 0.699. The minimum atomic E-state index is 0.218. The molecule has 0 bridgehead atoms. The van der Waals surface area contributed by atoms with Gasteiger partial charge in [-0.3, -0.25) is 9.78 Å². The Labute approximate surface area is 149 Å². The van der Waals surface area contributed by atoms with Gasteiger partial charge in [-0.25, -0.2) is 0 Å². The Morgan fingerprint density at radius 3 is 2.60 bits per heavy atom. The molecule has 0 radical (unpaired) electrons. The van der Waals surface area contributed by atoms with Crippen molar-refractivity contribution in [1.82, 2.24) is 19.7 Å². The first-order valence-corrected chi connectivity index (χ1v) is 9.39. The lowest BCUT2D eigenvalue weighted by Crippen LogP contribution is -2.11. The number of rotatable bonds is 9. The highest BCUT2D eigenvalue weighted by molar-refractivity contribution is 5.80. The average Bonchev–Trinajstić information content (AvgIpc) is 3.33. The molecule has 5 heteroatoms. The van der Waals surface area contributed by atoms with Gasteiger partial charge in [-0.1, -0.05) is 19.9 Å². The first-order chi connectivity index (χ1) is 12.0. The molecule has 1 fully saturated rings. The maximum atomic E-state index is 12.4. The topological polar surface area (TPSA) is 60.7 Å². The second-order valence-electron chi connectivity index (χ2n) is 7.55. The van der Waals surface area contributed by atoms with Crippen LogP contribution in [0.15, 0.2) is 18.3 Å². The number of carbonyl (C=O) groups excluding carboxylic acids is 1. The Balaban J connectivity index is 1.61. The number of aryl methyl sites for hydroxylation is 3. The molecule has 1 aliphatic carbocycles. The van der Waals surface area contributed by atoms with E-state index in [1.165, 1.54) is 12.8 Å². The summed E-state index contributed by atoms with van der Waals surface area (Å²) in [4.78, 5) is 16.7. The minimum Gasteiger partial charge on any atom is -0.312 e. The summed E-state index contributed by atoms with van der Waals surface area (Å²) in [5, 5.41) is 8.81. The highest BCUT2D eigenvalue weighted by Gasteiger charge is 2.29. The zero-order chi connectivity index (χ0) is 17.8. The fourth-order valence-corrected chi connectivity index (χ4v) is 3.10. The van der Waals surface area contributed by atoms with Crippen LogP contribution in [0.4, 0.5) is 0 Å². The molecular weight excluding hydrogens is 312 g/mol. The third-order valence-electron chi connectivity index (χ3n) is 4.80. The second-order valence-corrected chi connectivity index (χ2v) is 7.55. The van der Waals surface area contributed by atoms with Crippen LogP contribution in [0.3, 0.4) is 0 Å². The van der Waals surface area contributed by atoms with E-state index in [2.05, 4.69) is 33.6 Å². The van der Waals surface area contributed by atoms with E-state index >= 15 is 0 Å². The molecule has 0 spiro atoms. The van der Waals surface area contributed by atoms with Gasteiger partial charge in [0, 0.05) is 37.9 Å². The first kappa shape index (κ1) is 17.8. The van der Waals surface area contributed by atoms with Crippen LogP contribution < -0.4 is 0 Å². The van der Waals surface area contributed by atoms with Crippen LogP contribution in [-0.4, -0.2) is 25.5 Å². The normalized spacial score (nSPS) is 14.2. The summed E-state index contributed by atoms with van der Waals surface area (Å²) in [6.07, 6.45) is 7.86. The zero-order valence-electron chi connectivity index (χ0n) is 15.5. The van der Waals surface area contributed by atoms with Crippen LogP contribution in [0, 0.1) is 12.8 Å². The van der Waals surface area contributed by atoms with Crippen molar-refractivity contribution in [1.29, 1.82) is 0 Å². The summed E-state index contributed by atoms with van der Waals surface area (Å²) in [5.41, 5.74) is 1.96. The molecule has 0 aromatic carbocycles. The van der Waals surface area contributed by atoms with Crippen molar-refractivity contribution < 1.29 is 4.79 Å². The van der Waals surface area contributed by atoms with Crippen LogP contribution in [0.5, 0.6) is 0 Å². The molecule has 134 valence electrons. The molecule has 5 nitrogen and oxygen atoms in total. The van der Waals surface area contributed by atoms with Gasteiger partial charge in [-0.05, 0) is 43.7 Å². The summed E-state index contributed by atoms with van der Waals surface area (Å²) in [5.74, 6) is 2.96. The predicted octanol–water partition coefficient (Wildman–Crippen LogP) is 3.65. The Morgan fingerprint density at radius 1 is 1.24 bits per heavy atom. The lowest BCUT2D eigenvalue weighted by atomic mass is 10.1. The molecule has 0 unspecified atom stereocenters. The molecular formula is C20H28N4O. The van der Waals surface area contributed by atoms with Gasteiger partial charge in [0.25, 0.3) is 0 Å². The van der Waals surface area contributed by atoms with E-state index in [0.717, 1.165) is 35.7 Å². The number of nitrogens with zero attached hydrogens (tertiary/aromatic N) is 4.